The molecule has 2 N–H and O–H groups in total. The SMILES string of the molecule is COc1ccc(C(=O)Nc2ccc(NS(=O)(=O)c3ccc(C)cc3)cc2)cc1. The molecule has 28 heavy (non-hydrogen) atoms. The van der Waals surface area contributed by atoms with Gasteiger partial charge in [-0.05, 0) is 67.6 Å². The fourth-order valence-corrected chi connectivity index (χ4v) is 3.56. The molecule has 0 aromatic heterocycles. The molecule has 144 valence electrons. The molecule has 0 spiro atoms. The third kappa shape index (κ3) is 4.69. The van der Waals surface area contributed by atoms with Crippen molar-refractivity contribution in [1.29, 1.82) is 0 Å². The maximum absolute atomic E-state index is 12.4. The van der Waals surface area contributed by atoms with E-state index >= 15 is 0 Å². The highest BCUT2D eigenvalue weighted by Gasteiger charge is 2.14. The lowest BCUT2D eigenvalue weighted by Crippen LogP contribution is -2.13. The van der Waals surface area contributed by atoms with Crippen molar-refractivity contribution >= 4 is 27.3 Å². The second-order valence-electron chi connectivity index (χ2n) is 6.18. The summed E-state index contributed by atoms with van der Waals surface area (Å²) >= 11 is 0. The summed E-state index contributed by atoms with van der Waals surface area (Å²) in [6.07, 6.45) is 0. The van der Waals surface area contributed by atoms with Crippen LogP contribution < -0.4 is 14.8 Å². The Kier molecular flexibility index (Phi) is 5.65. The summed E-state index contributed by atoms with van der Waals surface area (Å²) in [5.41, 5.74) is 2.43. The number of carbonyl (C=O) groups is 1. The first-order valence-electron chi connectivity index (χ1n) is 8.52. The van der Waals surface area contributed by atoms with E-state index in [0.29, 0.717) is 22.7 Å². The van der Waals surface area contributed by atoms with E-state index in [1.165, 1.54) is 0 Å². The van der Waals surface area contributed by atoms with E-state index in [9.17, 15) is 13.2 Å². The summed E-state index contributed by atoms with van der Waals surface area (Å²) in [7, 11) is -2.11. The molecule has 0 aliphatic carbocycles. The molecule has 3 rings (SSSR count). The van der Waals surface area contributed by atoms with Crippen LogP contribution in [0.5, 0.6) is 5.75 Å². The molecule has 0 heterocycles. The lowest BCUT2D eigenvalue weighted by Gasteiger charge is -2.10. The fraction of sp³-hybridized carbons (Fsp3) is 0.0952. The maximum Gasteiger partial charge on any atom is 0.261 e. The molecule has 1 amide bonds. The number of benzene rings is 3. The van der Waals surface area contributed by atoms with Gasteiger partial charge in [-0.1, -0.05) is 17.7 Å². The number of carbonyl (C=O) groups excluding carboxylic acids is 1. The minimum Gasteiger partial charge on any atom is -0.497 e. The first kappa shape index (κ1) is 19.4. The summed E-state index contributed by atoms with van der Waals surface area (Å²) in [6.45, 7) is 1.89. The molecule has 6 nitrogen and oxygen atoms in total. The molecule has 0 fully saturated rings. The number of hydrogen-bond acceptors (Lipinski definition) is 4. The molecule has 0 saturated heterocycles. The van der Waals surface area contributed by atoms with E-state index in [0.717, 1.165) is 5.56 Å². The summed E-state index contributed by atoms with van der Waals surface area (Å²) in [5, 5.41) is 2.77. The topological polar surface area (TPSA) is 84.5 Å². The average molecular weight is 396 g/mol. The van der Waals surface area contributed by atoms with Gasteiger partial charge in [0.05, 0.1) is 12.0 Å². The highest BCUT2D eigenvalue weighted by molar-refractivity contribution is 7.92. The van der Waals surface area contributed by atoms with Crippen molar-refractivity contribution in [3.05, 3.63) is 83.9 Å². The van der Waals surface area contributed by atoms with E-state index in [2.05, 4.69) is 10.0 Å². The predicted octanol–water partition coefficient (Wildman–Crippen LogP) is 4.06. The van der Waals surface area contributed by atoms with Crippen molar-refractivity contribution in [2.45, 2.75) is 11.8 Å². The second kappa shape index (κ2) is 8.14. The van der Waals surface area contributed by atoms with Gasteiger partial charge < -0.3 is 10.1 Å². The average Bonchev–Trinajstić information content (AvgIpc) is 2.69. The minimum atomic E-state index is -3.66. The van der Waals surface area contributed by atoms with E-state index in [1.807, 2.05) is 6.92 Å². The molecule has 7 heteroatoms. The van der Waals surface area contributed by atoms with Crippen LogP contribution >= 0.6 is 0 Å². The summed E-state index contributed by atoms with van der Waals surface area (Å²) in [6, 6.07) is 19.8. The quantitative estimate of drug-likeness (QED) is 0.658. The normalized spacial score (nSPS) is 10.9. The number of nitrogens with one attached hydrogen (secondary N) is 2. The van der Waals surface area contributed by atoms with Gasteiger partial charge in [0.1, 0.15) is 5.75 Å². The van der Waals surface area contributed by atoms with Gasteiger partial charge in [0, 0.05) is 16.9 Å². The van der Waals surface area contributed by atoms with Crippen LogP contribution in [0.15, 0.2) is 77.7 Å². The van der Waals surface area contributed by atoms with Gasteiger partial charge in [-0.25, -0.2) is 8.42 Å². The van der Waals surface area contributed by atoms with Crippen LogP contribution in [0.2, 0.25) is 0 Å². The zero-order valence-electron chi connectivity index (χ0n) is 15.5. The third-order valence-electron chi connectivity index (χ3n) is 4.08. The van der Waals surface area contributed by atoms with Crippen LogP contribution in [-0.4, -0.2) is 21.4 Å². The Morgan fingerprint density at radius 2 is 1.39 bits per heavy atom. The highest BCUT2D eigenvalue weighted by Crippen LogP contribution is 2.20. The monoisotopic (exact) mass is 396 g/mol. The largest absolute Gasteiger partial charge is 0.497 e. The zero-order chi connectivity index (χ0) is 20.1. The van der Waals surface area contributed by atoms with Crippen molar-refractivity contribution < 1.29 is 17.9 Å². The van der Waals surface area contributed by atoms with Crippen LogP contribution in [-0.2, 0) is 10.0 Å². The summed E-state index contributed by atoms with van der Waals surface area (Å²) in [5.74, 6) is 0.400. The Morgan fingerprint density at radius 1 is 0.821 bits per heavy atom. The fourth-order valence-electron chi connectivity index (χ4n) is 2.50. The zero-order valence-corrected chi connectivity index (χ0v) is 16.3. The minimum absolute atomic E-state index is 0.190. The van der Waals surface area contributed by atoms with Gasteiger partial charge in [0.2, 0.25) is 0 Å². The number of sulfonamides is 1. The smallest absolute Gasteiger partial charge is 0.261 e. The van der Waals surface area contributed by atoms with Gasteiger partial charge in [-0.2, -0.15) is 0 Å². The first-order valence-corrected chi connectivity index (χ1v) is 10.0. The predicted molar refractivity (Wildman–Crippen MR) is 109 cm³/mol. The van der Waals surface area contributed by atoms with Gasteiger partial charge >= 0.3 is 0 Å². The Labute approximate surface area is 164 Å². The number of anilines is 2. The third-order valence-corrected chi connectivity index (χ3v) is 5.48. The number of amides is 1. The van der Waals surface area contributed by atoms with E-state index in [-0.39, 0.29) is 10.8 Å². The van der Waals surface area contributed by atoms with E-state index in [1.54, 1.807) is 79.9 Å². The molecule has 0 unspecified atom stereocenters. The lowest BCUT2D eigenvalue weighted by molar-refractivity contribution is 0.102. The standard InChI is InChI=1S/C21H20N2O4S/c1-15-3-13-20(14-4-15)28(25,26)23-18-9-7-17(8-10-18)22-21(24)16-5-11-19(27-2)12-6-16/h3-14,23H,1-2H3,(H,22,24). The van der Waals surface area contributed by atoms with E-state index < -0.39 is 10.0 Å². The highest BCUT2D eigenvalue weighted by atomic mass is 32.2. The molecule has 0 radical (unpaired) electrons. The van der Waals surface area contributed by atoms with Crippen molar-refractivity contribution in [3.63, 3.8) is 0 Å². The van der Waals surface area contributed by atoms with Crippen molar-refractivity contribution in [2.24, 2.45) is 0 Å². The van der Waals surface area contributed by atoms with Crippen molar-refractivity contribution in [2.75, 3.05) is 17.1 Å². The van der Waals surface area contributed by atoms with E-state index in [4.69, 9.17) is 4.74 Å². The molecule has 0 aliphatic rings. The molecular weight excluding hydrogens is 376 g/mol. The van der Waals surface area contributed by atoms with Crippen molar-refractivity contribution in [1.82, 2.24) is 0 Å². The molecule has 0 bridgehead atoms. The molecule has 3 aromatic rings. The maximum atomic E-state index is 12.4. The summed E-state index contributed by atoms with van der Waals surface area (Å²) < 4.78 is 32.4. The number of rotatable bonds is 6. The Bertz CT molecular complexity index is 1060. The van der Waals surface area contributed by atoms with Crippen LogP contribution in [0.25, 0.3) is 0 Å². The number of ether oxygens (including phenoxy) is 1. The van der Waals surface area contributed by atoms with Crippen molar-refractivity contribution in [3.8, 4) is 5.75 Å². The lowest BCUT2D eigenvalue weighted by atomic mass is 10.2. The van der Waals surface area contributed by atoms with Crippen LogP contribution in [0.1, 0.15) is 15.9 Å². The number of aryl methyl sites for hydroxylation is 1. The molecule has 3 aromatic carbocycles. The van der Waals surface area contributed by atoms with Crippen LogP contribution in [0.3, 0.4) is 0 Å². The first-order chi connectivity index (χ1) is 13.4. The molecule has 0 atom stereocenters. The van der Waals surface area contributed by atoms with Gasteiger partial charge in [-0.3, -0.25) is 9.52 Å². The van der Waals surface area contributed by atoms with Gasteiger partial charge in [0.25, 0.3) is 15.9 Å². The number of hydrogen-bond donors (Lipinski definition) is 2. The Morgan fingerprint density at radius 3 is 1.96 bits per heavy atom. The second-order valence-corrected chi connectivity index (χ2v) is 7.86. The Hall–Kier alpha value is -3.32. The van der Waals surface area contributed by atoms with Crippen LogP contribution in [0, 0.1) is 6.92 Å². The number of methoxy groups -OCH3 is 1. The van der Waals surface area contributed by atoms with Gasteiger partial charge in [0.15, 0.2) is 0 Å². The van der Waals surface area contributed by atoms with Gasteiger partial charge in [-0.15, -0.1) is 0 Å². The molecule has 0 saturated carbocycles. The molecule has 0 aliphatic heterocycles. The Balaban J connectivity index is 1.67. The summed E-state index contributed by atoms with van der Waals surface area (Å²) in [4.78, 5) is 12.5. The van der Waals surface area contributed by atoms with Crippen LogP contribution in [0.4, 0.5) is 11.4 Å². The molecular formula is C21H20N2O4S.